The Balaban J connectivity index is 2.44. The highest BCUT2D eigenvalue weighted by atomic mass is 32.1. The molecule has 0 saturated heterocycles. The van der Waals surface area contributed by atoms with Gasteiger partial charge in [-0.3, -0.25) is 0 Å². The van der Waals surface area contributed by atoms with Crippen LogP contribution < -0.4 is 5.73 Å². The van der Waals surface area contributed by atoms with Gasteiger partial charge in [-0.2, -0.15) is 18.4 Å². The van der Waals surface area contributed by atoms with Crippen LogP contribution in [0.1, 0.15) is 22.4 Å². The first-order valence-electron chi connectivity index (χ1n) is 5.76. The van der Waals surface area contributed by atoms with Gasteiger partial charge in [0.1, 0.15) is 16.3 Å². The first-order valence-corrected chi connectivity index (χ1v) is 6.17. The van der Waals surface area contributed by atoms with E-state index in [0.29, 0.717) is 11.3 Å². The van der Waals surface area contributed by atoms with Crippen LogP contribution in [0.25, 0.3) is 0 Å². The molecule has 0 radical (unpaired) electrons. The SMILES string of the molecule is N#Cc1c(Cc2cccc(C(F)(F)F)c2)[nH]c(N)nc1=S. The van der Waals surface area contributed by atoms with Gasteiger partial charge in [-0.25, -0.2) is 4.98 Å². The molecule has 2 aromatic rings. The highest BCUT2D eigenvalue weighted by Gasteiger charge is 2.30. The second-order valence-electron chi connectivity index (χ2n) is 4.27. The lowest BCUT2D eigenvalue weighted by atomic mass is 10.0. The fraction of sp³-hybridized carbons (Fsp3) is 0.154. The summed E-state index contributed by atoms with van der Waals surface area (Å²) in [5, 5.41) is 9.05. The number of benzene rings is 1. The number of H-pyrrole nitrogens is 1. The van der Waals surface area contributed by atoms with Gasteiger partial charge < -0.3 is 10.7 Å². The number of rotatable bonds is 2. The molecule has 1 heterocycles. The van der Waals surface area contributed by atoms with Crippen LogP contribution in [0.5, 0.6) is 0 Å². The number of aromatic amines is 1. The van der Waals surface area contributed by atoms with E-state index in [1.165, 1.54) is 12.1 Å². The molecular formula is C13H9F3N4S. The maximum atomic E-state index is 12.7. The maximum absolute atomic E-state index is 12.7. The van der Waals surface area contributed by atoms with Crippen LogP contribution >= 0.6 is 12.2 Å². The summed E-state index contributed by atoms with van der Waals surface area (Å²) in [6.07, 6.45) is -4.35. The minimum atomic E-state index is -4.42. The van der Waals surface area contributed by atoms with Gasteiger partial charge in [-0.05, 0) is 11.6 Å². The average Bonchev–Trinajstić information content (AvgIpc) is 2.37. The van der Waals surface area contributed by atoms with Gasteiger partial charge in [0.05, 0.1) is 5.56 Å². The Kier molecular flexibility index (Phi) is 3.95. The van der Waals surface area contributed by atoms with Crippen molar-refractivity contribution in [2.24, 2.45) is 0 Å². The third-order valence-corrected chi connectivity index (χ3v) is 3.06. The van der Waals surface area contributed by atoms with E-state index in [9.17, 15) is 13.2 Å². The Morgan fingerprint density at radius 3 is 2.71 bits per heavy atom. The summed E-state index contributed by atoms with van der Waals surface area (Å²) in [5.74, 6) is 0.0148. The number of nitrogens with one attached hydrogen (secondary N) is 1. The molecule has 8 heteroatoms. The number of nitriles is 1. The van der Waals surface area contributed by atoms with Crippen LogP contribution in [0.2, 0.25) is 0 Å². The van der Waals surface area contributed by atoms with Gasteiger partial charge in [0.2, 0.25) is 0 Å². The summed E-state index contributed by atoms with van der Waals surface area (Å²) >= 11 is 4.91. The highest BCUT2D eigenvalue weighted by Crippen LogP contribution is 2.30. The lowest BCUT2D eigenvalue weighted by Crippen LogP contribution is -2.07. The van der Waals surface area contributed by atoms with Gasteiger partial charge in [0.15, 0.2) is 5.95 Å². The summed E-state index contributed by atoms with van der Waals surface area (Å²) in [4.78, 5) is 6.41. The van der Waals surface area contributed by atoms with E-state index < -0.39 is 11.7 Å². The molecule has 0 aliphatic rings. The van der Waals surface area contributed by atoms with E-state index in [1.54, 1.807) is 0 Å². The number of hydrogen-bond donors (Lipinski definition) is 2. The van der Waals surface area contributed by atoms with Crippen molar-refractivity contribution in [2.75, 3.05) is 5.73 Å². The molecule has 1 aromatic heterocycles. The molecule has 2 rings (SSSR count). The molecule has 0 bridgehead atoms. The Labute approximate surface area is 123 Å². The molecule has 0 saturated carbocycles. The zero-order valence-corrected chi connectivity index (χ0v) is 11.3. The smallest absolute Gasteiger partial charge is 0.369 e. The van der Waals surface area contributed by atoms with Crippen LogP contribution in [0, 0.1) is 16.0 Å². The number of alkyl halides is 3. The van der Waals surface area contributed by atoms with Crippen molar-refractivity contribution in [2.45, 2.75) is 12.6 Å². The number of aromatic nitrogens is 2. The normalized spacial score (nSPS) is 11.1. The van der Waals surface area contributed by atoms with Crippen molar-refractivity contribution in [3.63, 3.8) is 0 Å². The third-order valence-electron chi connectivity index (χ3n) is 2.76. The largest absolute Gasteiger partial charge is 0.416 e. The topological polar surface area (TPSA) is 78.5 Å². The fourth-order valence-corrected chi connectivity index (χ4v) is 2.12. The van der Waals surface area contributed by atoms with Crippen molar-refractivity contribution >= 4 is 18.2 Å². The molecule has 0 amide bonds. The Bertz CT molecular complexity index is 774. The number of nitrogen functional groups attached to an aromatic ring is 1. The predicted octanol–water partition coefficient (Wildman–Crippen LogP) is 3.20. The molecule has 3 N–H and O–H groups in total. The molecule has 108 valence electrons. The molecule has 1 aromatic carbocycles. The number of halogens is 3. The van der Waals surface area contributed by atoms with Crippen molar-refractivity contribution < 1.29 is 13.2 Å². The Hall–Kier alpha value is -2.40. The van der Waals surface area contributed by atoms with E-state index in [4.69, 9.17) is 23.2 Å². The summed E-state index contributed by atoms with van der Waals surface area (Å²) < 4.78 is 38.0. The van der Waals surface area contributed by atoms with Gasteiger partial charge in [-0.15, -0.1) is 0 Å². The third kappa shape index (κ3) is 3.38. The molecule has 4 nitrogen and oxygen atoms in total. The van der Waals surface area contributed by atoms with E-state index in [2.05, 4.69) is 9.97 Å². The second kappa shape index (κ2) is 5.54. The monoisotopic (exact) mass is 310 g/mol. The molecule has 0 fully saturated rings. The van der Waals surface area contributed by atoms with Crippen molar-refractivity contribution in [3.05, 3.63) is 51.3 Å². The van der Waals surface area contributed by atoms with Crippen LogP contribution in [0.3, 0.4) is 0 Å². The summed E-state index contributed by atoms with van der Waals surface area (Å²) in [6, 6.07) is 6.73. The molecule has 0 aliphatic heterocycles. The molecule has 0 atom stereocenters. The highest BCUT2D eigenvalue weighted by molar-refractivity contribution is 7.71. The summed E-state index contributed by atoms with van der Waals surface area (Å²) in [6.45, 7) is 0. The molecular weight excluding hydrogens is 301 g/mol. The quantitative estimate of drug-likeness (QED) is 0.835. The van der Waals surface area contributed by atoms with Gasteiger partial charge in [0, 0.05) is 12.1 Å². The van der Waals surface area contributed by atoms with Gasteiger partial charge >= 0.3 is 6.18 Å². The van der Waals surface area contributed by atoms with Crippen molar-refractivity contribution in [1.29, 1.82) is 5.26 Å². The zero-order chi connectivity index (χ0) is 15.6. The summed E-state index contributed by atoms with van der Waals surface area (Å²) in [7, 11) is 0. The number of nitrogens with two attached hydrogens (primary N) is 1. The van der Waals surface area contributed by atoms with Crippen LogP contribution in [0.4, 0.5) is 19.1 Å². The zero-order valence-electron chi connectivity index (χ0n) is 10.5. The molecule has 21 heavy (non-hydrogen) atoms. The lowest BCUT2D eigenvalue weighted by Gasteiger charge is -2.10. The van der Waals surface area contributed by atoms with E-state index >= 15 is 0 Å². The number of nitrogens with zero attached hydrogens (tertiary/aromatic N) is 2. The Morgan fingerprint density at radius 2 is 2.10 bits per heavy atom. The first-order chi connectivity index (χ1) is 9.81. The van der Waals surface area contributed by atoms with Crippen LogP contribution in [-0.4, -0.2) is 9.97 Å². The lowest BCUT2D eigenvalue weighted by molar-refractivity contribution is -0.137. The van der Waals surface area contributed by atoms with E-state index in [-0.39, 0.29) is 22.6 Å². The van der Waals surface area contributed by atoms with Gasteiger partial charge in [-0.1, -0.05) is 30.4 Å². The summed E-state index contributed by atoms with van der Waals surface area (Å²) in [5.41, 5.74) is 5.60. The number of anilines is 1. The Morgan fingerprint density at radius 1 is 1.38 bits per heavy atom. The second-order valence-corrected chi connectivity index (χ2v) is 4.65. The van der Waals surface area contributed by atoms with E-state index in [0.717, 1.165) is 12.1 Å². The maximum Gasteiger partial charge on any atom is 0.416 e. The molecule has 0 aliphatic carbocycles. The fourth-order valence-electron chi connectivity index (χ4n) is 1.85. The minimum absolute atomic E-state index is 0.0148. The first kappa shape index (κ1) is 15.0. The van der Waals surface area contributed by atoms with Crippen LogP contribution in [-0.2, 0) is 12.6 Å². The molecule has 0 spiro atoms. The van der Waals surface area contributed by atoms with Crippen molar-refractivity contribution in [3.8, 4) is 6.07 Å². The van der Waals surface area contributed by atoms with E-state index in [1.807, 2.05) is 6.07 Å². The minimum Gasteiger partial charge on any atom is -0.369 e. The standard InChI is InChI=1S/C13H9F3N4S/c14-13(15,16)8-3-1-2-7(4-8)5-10-9(6-17)11(21)20-12(18)19-10/h1-4H,5H2,(H3,18,19,20,21). The van der Waals surface area contributed by atoms with Gasteiger partial charge in [0.25, 0.3) is 0 Å². The average molecular weight is 310 g/mol. The van der Waals surface area contributed by atoms with Crippen LogP contribution in [0.15, 0.2) is 24.3 Å². The number of hydrogen-bond acceptors (Lipinski definition) is 4. The van der Waals surface area contributed by atoms with Crippen molar-refractivity contribution in [1.82, 2.24) is 9.97 Å². The predicted molar refractivity (Wildman–Crippen MR) is 72.8 cm³/mol. The molecule has 0 unspecified atom stereocenters.